The third-order valence-electron chi connectivity index (χ3n) is 4.76. The Morgan fingerprint density at radius 2 is 1.77 bits per heavy atom. The molecule has 1 heterocycles. The van der Waals surface area contributed by atoms with Crippen LogP contribution < -0.4 is 5.73 Å². The number of nitrogens with two attached hydrogens (primary N) is 1. The van der Waals surface area contributed by atoms with Crippen LogP contribution in [-0.2, 0) is 11.2 Å². The molecule has 3 aromatic carbocycles. The lowest BCUT2D eigenvalue weighted by Gasteiger charge is -2.15. The Labute approximate surface area is 151 Å². The van der Waals surface area contributed by atoms with E-state index in [1.54, 1.807) is 6.20 Å². The molecule has 4 rings (SSSR count). The van der Waals surface area contributed by atoms with Crippen LogP contribution in [0, 0.1) is 0 Å². The van der Waals surface area contributed by atoms with Gasteiger partial charge in [0.25, 0.3) is 0 Å². The summed E-state index contributed by atoms with van der Waals surface area (Å²) in [7, 11) is 0. The second kappa shape index (κ2) is 7.02. The van der Waals surface area contributed by atoms with Crippen molar-refractivity contribution in [3.8, 4) is 0 Å². The molecule has 1 atom stereocenters. The number of hydrogen-bond acceptors (Lipinski definition) is 4. The average Bonchev–Trinajstić information content (AvgIpc) is 2.68. The molecule has 4 aromatic rings. The maximum Gasteiger partial charge on any atom is 0.145 e. The maximum atomic E-state index is 12.9. The van der Waals surface area contributed by atoms with Crippen molar-refractivity contribution in [1.82, 2.24) is 10.2 Å². The van der Waals surface area contributed by atoms with Gasteiger partial charge in [0.15, 0.2) is 0 Å². The van der Waals surface area contributed by atoms with Crippen LogP contribution in [0.4, 0.5) is 0 Å². The topological polar surface area (TPSA) is 68.9 Å². The highest BCUT2D eigenvalue weighted by atomic mass is 16.1. The van der Waals surface area contributed by atoms with Crippen LogP contribution in [0.1, 0.15) is 17.0 Å². The van der Waals surface area contributed by atoms with E-state index < -0.39 is 0 Å². The average molecular weight is 341 g/mol. The predicted molar refractivity (Wildman–Crippen MR) is 104 cm³/mol. The van der Waals surface area contributed by atoms with E-state index in [4.69, 9.17) is 5.73 Å². The second-order valence-corrected chi connectivity index (χ2v) is 6.46. The molecule has 128 valence electrons. The largest absolute Gasteiger partial charge is 0.329 e. The fourth-order valence-electron chi connectivity index (χ4n) is 3.35. The quantitative estimate of drug-likeness (QED) is 0.602. The molecule has 1 aromatic heterocycles. The molecule has 4 nitrogen and oxygen atoms in total. The van der Waals surface area contributed by atoms with E-state index in [1.165, 1.54) is 0 Å². The lowest BCUT2D eigenvalue weighted by Crippen LogP contribution is -2.23. The maximum absolute atomic E-state index is 12.9. The normalized spacial score (nSPS) is 12.3. The van der Waals surface area contributed by atoms with Crippen molar-refractivity contribution in [3.63, 3.8) is 0 Å². The minimum atomic E-state index is -0.300. The summed E-state index contributed by atoms with van der Waals surface area (Å²) in [5, 5.41) is 11.2. The van der Waals surface area contributed by atoms with Gasteiger partial charge in [0.05, 0.1) is 17.6 Å². The van der Waals surface area contributed by atoms with Crippen molar-refractivity contribution in [2.45, 2.75) is 12.3 Å². The highest BCUT2D eigenvalue weighted by molar-refractivity contribution is 5.91. The van der Waals surface area contributed by atoms with Crippen molar-refractivity contribution in [2.24, 2.45) is 5.73 Å². The Bertz CT molecular complexity index is 1090. The third-order valence-corrected chi connectivity index (χ3v) is 4.76. The van der Waals surface area contributed by atoms with Gasteiger partial charge in [-0.05, 0) is 40.1 Å². The zero-order valence-electron chi connectivity index (χ0n) is 14.3. The highest BCUT2D eigenvalue weighted by Crippen LogP contribution is 2.24. The number of ketones is 1. The van der Waals surface area contributed by atoms with Gasteiger partial charge < -0.3 is 5.73 Å². The van der Waals surface area contributed by atoms with Gasteiger partial charge in [-0.2, -0.15) is 10.2 Å². The fraction of sp³-hybridized carbons (Fsp3) is 0.136. The Morgan fingerprint density at radius 3 is 2.62 bits per heavy atom. The lowest BCUT2D eigenvalue weighted by molar-refractivity contribution is -0.119. The first-order chi connectivity index (χ1) is 12.7. The van der Waals surface area contributed by atoms with Crippen molar-refractivity contribution >= 4 is 27.5 Å². The summed E-state index contributed by atoms with van der Waals surface area (Å²) in [6.07, 6.45) is 2.01. The first kappa shape index (κ1) is 16.4. The molecule has 0 saturated carbocycles. The molecule has 0 aliphatic carbocycles. The first-order valence-electron chi connectivity index (χ1n) is 8.66. The Balaban J connectivity index is 1.61. The summed E-state index contributed by atoms with van der Waals surface area (Å²) in [5.41, 5.74) is 8.72. The van der Waals surface area contributed by atoms with Crippen LogP contribution in [0.5, 0.6) is 0 Å². The van der Waals surface area contributed by atoms with E-state index in [9.17, 15) is 4.79 Å². The standard InChI is InChI=1S/C22H19N3O/c23-14-20(18-7-6-16-3-1-2-4-17(16)13-18)22(26)12-15-5-8-21-19(11-15)9-10-24-25-21/h1-11,13,20H,12,14,23H2. The monoisotopic (exact) mass is 341 g/mol. The van der Waals surface area contributed by atoms with Gasteiger partial charge in [0.1, 0.15) is 5.78 Å². The first-order valence-corrected chi connectivity index (χ1v) is 8.66. The highest BCUT2D eigenvalue weighted by Gasteiger charge is 2.19. The lowest BCUT2D eigenvalue weighted by atomic mass is 9.89. The van der Waals surface area contributed by atoms with Crippen LogP contribution in [0.15, 0.2) is 72.9 Å². The number of nitrogens with zero attached hydrogens (tertiary/aromatic N) is 2. The van der Waals surface area contributed by atoms with Crippen molar-refractivity contribution < 1.29 is 4.79 Å². The minimum absolute atomic E-state index is 0.129. The predicted octanol–water partition coefficient (Wildman–Crippen LogP) is 3.64. The zero-order chi connectivity index (χ0) is 17.9. The third kappa shape index (κ3) is 3.19. The van der Waals surface area contributed by atoms with Crippen LogP contribution in [-0.4, -0.2) is 22.5 Å². The molecular weight excluding hydrogens is 322 g/mol. The van der Waals surface area contributed by atoms with Gasteiger partial charge in [0, 0.05) is 18.4 Å². The minimum Gasteiger partial charge on any atom is -0.329 e. The van der Waals surface area contributed by atoms with E-state index in [2.05, 4.69) is 34.5 Å². The van der Waals surface area contributed by atoms with Crippen LogP contribution in [0.3, 0.4) is 0 Å². The number of carbonyl (C=O) groups is 1. The van der Waals surface area contributed by atoms with Gasteiger partial charge in [0.2, 0.25) is 0 Å². The van der Waals surface area contributed by atoms with E-state index in [0.29, 0.717) is 13.0 Å². The summed E-state index contributed by atoms with van der Waals surface area (Å²) in [4.78, 5) is 12.9. The molecule has 0 saturated heterocycles. The van der Waals surface area contributed by atoms with E-state index >= 15 is 0 Å². The Hall–Kier alpha value is -3.11. The molecule has 4 heteroatoms. The molecule has 0 bridgehead atoms. The summed E-state index contributed by atoms with van der Waals surface area (Å²) in [6, 6.07) is 22.0. The number of hydrogen-bond donors (Lipinski definition) is 1. The summed E-state index contributed by atoms with van der Waals surface area (Å²) >= 11 is 0. The van der Waals surface area contributed by atoms with Gasteiger partial charge in [-0.3, -0.25) is 4.79 Å². The van der Waals surface area contributed by atoms with Crippen LogP contribution in [0.2, 0.25) is 0 Å². The molecular formula is C22H19N3O. The number of Topliss-reactive ketones (excluding diaryl/α,β-unsaturated/α-hetero) is 1. The number of benzene rings is 3. The van der Waals surface area contributed by atoms with Gasteiger partial charge in [-0.15, -0.1) is 0 Å². The molecule has 0 amide bonds. The van der Waals surface area contributed by atoms with Crippen molar-refractivity contribution in [3.05, 3.63) is 84.1 Å². The fourth-order valence-corrected chi connectivity index (χ4v) is 3.35. The van der Waals surface area contributed by atoms with Gasteiger partial charge in [-0.25, -0.2) is 0 Å². The van der Waals surface area contributed by atoms with E-state index in [0.717, 1.165) is 32.8 Å². The molecule has 1 unspecified atom stereocenters. The molecule has 26 heavy (non-hydrogen) atoms. The molecule has 0 aliphatic rings. The smallest absolute Gasteiger partial charge is 0.145 e. The SMILES string of the molecule is NCC(C(=O)Cc1ccc2nnccc2c1)c1ccc2ccccc2c1. The van der Waals surface area contributed by atoms with Gasteiger partial charge >= 0.3 is 0 Å². The van der Waals surface area contributed by atoms with Crippen LogP contribution in [0.25, 0.3) is 21.7 Å². The second-order valence-electron chi connectivity index (χ2n) is 6.46. The molecule has 0 aliphatic heterocycles. The number of aromatic nitrogens is 2. The number of rotatable bonds is 5. The molecule has 0 fully saturated rings. The van der Waals surface area contributed by atoms with Gasteiger partial charge in [-0.1, -0.05) is 48.5 Å². The number of carbonyl (C=O) groups excluding carboxylic acids is 1. The Kier molecular flexibility index (Phi) is 4.42. The summed E-state index contributed by atoms with van der Waals surface area (Å²) in [5.74, 6) is -0.171. The summed E-state index contributed by atoms with van der Waals surface area (Å²) < 4.78 is 0. The van der Waals surface area contributed by atoms with Crippen molar-refractivity contribution in [2.75, 3.05) is 6.54 Å². The van der Waals surface area contributed by atoms with E-state index in [1.807, 2.05) is 42.5 Å². The van der Waals surface area contributed by atoms with Crippen LogP contribution >= 0.6 is 0 Å². The van der Waals surface area contributed by atoms with E-state index in [-0.39, 0.29) is 11.7 Å². The Morgan fingerprint density at radius 1 is 0.923 bits per heavy atom. The summed E-state index contributed by atoms with van der Waals surface area (Å²) in [6.45, 7) is 0.302. The molecule has 0 spiro atoms. The molecule has 0 radical (unpaired) electrons. The molecule has 2 N–H and O–H groups in total. The van der Waals surface area contributed by atoms with Crippen molar-refractivity contribution in [1.29, 1.82) is 0 Å². The zero-order valence-corrected chi connectivity index (χ0v) is 14.3. The number of fused-ring (bicyclic) bond motifs is 2.